The quantitative estimate of drug-likeness (QED) is 0.353. The minimum absolute atomic E-state index is 0.402. The lowest BCUT2D eigenvalue weighted by atomic mass is 10.2. The lowest BCUT2D eigenvalue weighted by Gasteiger charge is -2.09. The molecule has 0 saturated carbocycles. The van der Waals surface area contributed by atoms with Crippen molar-refractivity contribution in [2.45, 2.75) is 13.5 Å². The highest BCUT2D eigenvalue weighted by atomic mass is 35.5. The Bertz CT molecular complexity index is 1070. The van der Waals surface area contributed by atoms with Crippen LogP contribution in [0.25, 0.3) is 0 Å². The van der Waals surface area contributed by atoms with Crippen molar-refractivity contribution >= 4 is 35.3 Å². The summed E-state index contributed by atoms with van der Waals surface area (Å²) in [5.41, 5.74) is 5.05. The lowest BCUT2D eigenvalue weighted by molar-refractivity contribution is -0.136. The van der Waals surface area contributed by atoms with E-state index in [1.165, 1.54) is 6.21 Å². The number of halogens is 1. The summed E-state index contributed by atoms with van der Waals surface area (Å²) in [6.45, 7) is 2.15. The molecule has 2 amide bonds. The van der Waals surface area contributed by atoms with Crippen LogP contribution in [0, 0.1) is 6.92 Å². The van der Waals surface area contributed by atoms with E-state index in [-0.39, 0.29) is 0 Å². The summed E-state index contributed by atoms with van der Waals surface area (Å²) in [5.74, 6) is -1.13. The highest BCUT2D eigenvalue weighted by molar-refractivity contribution is 6.40. The second-order valence-corrected chi connectivity index (χ2v) is 6.78. The average molecular weight is 422 g/mol. The molecule has 0 heterocycles. The topological polar surface area (TPSA) is 79.8 Å². The van der Waals surface area contributed by atoms with Crippen molar-refractivity contribution in [2.24, 2.45) is 5.10 Å². The maximum absolute atomic E-state index is 12.1. The van der Waals surface area contributed by atoms with Crippen LogP contribution in [0.5, 0.6) is 5.75 Å². The van der Waals surface area contributed by atoms with Crippen molar-refractivity contribution in [1.29, 1.82) is 0 Å². The van der Waals surface area contributed by atoms with Gasteiger partial charge in [0.25, 0.3) is 0 Å². The largest absolute Gasteiger partial charge is 0.488 e. The Labute approximate surface area is 179 Å². The van der Waals surface area contributed by atoms with Gasteiger partial charge in [-0.25, -0.2) is 5.43 Å². The first-order valence-corrected chi connectivity index (χ1v) is 9.57. The Morgan fingerprint density at radius 3 is 2.50 bits per heavy atom. The Morgan fingerprint density at radius 1 is 0.967 bits per heavy atom. The molecule has 0 radical (unpaired) electrons. The fraction of sp³-hybridized carbons (Fsp3) is 0.0870. The summed E-state index contributed by atoms with van der Waals surface area (Å²) in [7, 11) is 0. The predicted molar refractivity (Wildman–Crippen MR) is 118 cm³/mol. The van der Waals surface area contributed by atoms with E-state index in [0.29, 0.717) is 34.2 Å². The summed E-state index contributed by atoms with van der Waals surface area (Å²) in [4.78, 5) is 24.1. The van der Waals surface area contributed by atoms with Gasteiger partial charge in [0.1, 0.15) is 12.4 Å². The molecule has 0 aliphatic carbocycles. The Balaban J connectivity index is 1.59. The number of carbonyl (C=O) groups is 2. The van der Waals surface area contributed by atoms with Crippen molar-refractivity contribution in [1.82, 2.24) is 5.43 Å². The first-order valence-electron chi connectivity index (χ1n) is 9.20. The third-order valence-electron chi connectivity index (χ3n) is 4.25. The van der Waals surface area contributed by atoms with E-state index in [9.17, 15) is 9.59 Å². The molecule has 30 heavy (non-hydrogen) atoms. The molecule has 7 heteroatoms. The number of amides is 2. The molecule has 0 bridgehead atoms. The van der Waals surface area contributed by atoms with Gasteiger partial charge in [-0.15, -0.1) is 0 Å². The summed E-state index contributed by atoms with van der Waals surface area (Å²) in [6, 6.07) is 22.1. The van der Waals surface area contributed by atoms with E-state index >= 15 is 0 Å². The molecule has 0 spiro atoms. The van der Waals surface area contributed by atoms with E-state index in [2.05, 4.69) is 15.8 Å². The zero-order chi connectivity index (χ0) is 21.3. The number of nitrogens with one attached hydrogen (secondary N) is 2. The molecule has 0 aliphatic heterocycles. The SMILES string of the molecule is Cc1c(Cl)cccc1NC(=O)C(=O)N/N=C\c1ccccc1OCc1ccccc1. The zero-order valence-corrected chi connectivity index (χ0v) is 17.0. The molecule has 0 aliphatic rings. The number of hydrogen-bond acceptors (Lipinski definition) is 4. The second kappa shape index (κ2) is 10.2. The van der Waals surface area contributed by atoms with Crippen LogP contribution < -0.4 is 15.5 Å². The molecule has 0 fully saturated rings. The van der Waals surface area contributed by atoms with Gasteiger partial charge in [0.05, 0.1) is 6.21 Å². The maximum Gasteiger partial charge on any atom is 0.329 e. The first-order chi connectivity index (χ1) is 14.5. The van der Waals surface area contributed by atoms with Crippen molar-refractivity contribution in [2.75, 3.05) is 5.32 Å². The van der Waals surface area contributed by atoms with Gasteiger partial charge in [-0.2, -0.15) is 5.10 Å². The molecular weight excluding hydrogens is 402 g/mol. The highest BCUT2D eigenvalue weighted by Gasteiger charge is 2.14. The summed E-state index contributed by atoms with van der Waals surface area (Å²) in [5, 5.41) is 6.88. The van der Waals surface area contributed by atoms with Gasteiger partial charge < -0.3 is 10.1 Å². The number of carbonyl (C=O) groups excluding carboxylic acids is 2. The first kappa shape index (κ1) is 21.1. The number of benzene rings is 3. The maximum atomic E-state index is 12.1. The fourth-order valence-electron chi connectivity index (χ4n) is 2.59. The average Bonchev–Trinajstić information content (AvgIpc) is 2.77. The number of anilines is 1. The molecular formula is C23H20ClN3O3. The van der Waals surface area contributed by atoms with Crippen molar-refractivity contribution in [3.8, 4) is 5.75 Å². The van der Waals surface area contributed by atoms with Crippen LogP contribution in [0.1, 0.15) is 16.7 Å². The predicted octanol–water partition coefficient (Wildman–Crippen LogP) is 4.32. The third kappa shape index (κ3) is 5.68. The molecule has 3 aromatic carbocycles. The van der Waals surface area contributed by atoms with E-state index in [1.54, 1.807) is 37.3 Å². The number of rotatable bonds is 6. The monoisotopic (exact) mass is 421 g/mol. The molecule has 6 nitrogen and oxygen atoms in total. The highest BCUT2D eigenvalue weighted by Crippen LogP contribution is 2.22. The van der Waals surface area contributed by atoms with Gasteiger partial charge in [0, 0.05) is 16.3 Å². The van der Waals surface area contributed by atoms with Crippen LogP contribution in [0.4, 0.5) is 5.69 Å². The molecule has 0 saturated heterocycles. The lowest BCUT2D eigenvalue weighted by Crippen LogP contribution is -2.32. The van der Waals surface area contributed by atoms with E-state index in [4.69, 9.17) is 16.3 Å². The smallest absolute Gasteiger partial charge is 0.329 e. The minimum Gasteiger partial charge on any atom is -0.488 e. The number of hydrazone groups is 1. The van der Waals surface area contributed by atoms with Crippen molar-refractivity contribution < 1.29 is 14.3 Å². The van der Waals surface area contributed by atoms with Gasteiger partial charge in [0.2, 0.25) is 0 Å². The van der Waals surface area contributed by atoms with Crippen LogP contribution in [0.2, 0.25) is 5.02 Å². The Morgan fingerprint density at radius 2 is 1.70 bits per heavy atom. The Kier molecular flexibility index (Phi) is 7.19. The van der Waals surface area contributed by atoms with Crippen LogP contribution in [0.15, 0.2) is 77.9 Å². The number of hydrogen-bond donors (Lipinski definition) is 2. The summed E-state index contributed by atoms with van der Waals surface area (Å²) >= 11 is 6.02. The summed E-state index contributed by atoms with van der Waals surface area (Å²) < 4.78 is 5.84. The van der Waals surface area contributed by atoms with Crippen LogP contribution in [0.3, 0.4) is 0 Å². The van der Waals surface area contributed by atoms with E-state index in [1.807, 2.05) is 42.5 Å². The van der Waals surface area contributed by atoms with Crippen LogP contribution >= 0.6 is 11.6 Å². The molecule has 2 N–H and O–H groups in total. The molecule has 0 atom stereocenters. The van der Waals surface area contributed by atoms with E-state index < -0.39 is 11.8 Å². The van der Waals surface area contributed by atoms with Gasteiger partial charge in [-0.3, -0.25) is 9.59 Å². The number of para-hydroxylation sites is 1. The molecule has 0 unspecified atom stereocenters. The second-order valence-electron chi connectivity index (χ2n) is 6.38. The molecule has 152 valence electrons. The fourth-order valence-corrected chi connectivity index (χ4v) is 2.76. The van der Waals surface area contributed by atoms with Gasteiger partial charge in [-0.05, 0) is 42.3 Å². The van der Waals surface area contributed by atoms with Gasteiger partial charge in [0.15, 0.2) is 0 Å². The summed E-state index contributed by atoms with van der Waals surface area (Å²) in [6.07, 6.45) is 1.43. The Hall–Kier alpha value is -3.64. The van der Waals surface area contributed by atoms with Crippen molar-refractivity contribution in [3.63, 3.8) is 0 Å². The third-order valence-corrected chi connectivity index (χ3v) is 4.66. The van der Waals surface area contributed by atoms with Crippen LogP contribution in [-0.2, 0) is 16.2 Å². The normalized spacial score (nSPS) is 10.6. The van der Waals surface area contributed by atoms with Gasteiger partial charge in [-0.1, -0.05) is 60.1 Å². The van der Waals surface area contributed by atoms with Gasteiger partial charge >= 0.3 is 11.8 Å². The number of ether oxygens (including phenoxy) is 1. The van der Waals surface area contributed by atoms with Crippen LogP contribution in [-0.4, -0.2) is 18.0 Å². The molecule has 0 aromatic heterocycles. The number of nitrogens with zero attached hydrogens (tertiary/aromatic N) is 1. The van der Waals surface area contributed by atoms with Crippen molar-refractivity contribution in [3.05, 3.63) is 94.5 Å². The van der Waals surface area contributed by atoms with E-state index in [0.717, 1.165) is 5.56 Å². The molecule has 3 rings (SSSR count). The zero-order valence-electron chi connectivity index (χ0n) is 16.3. The minimum atomic E-state index is -0.895. The molecule has 3 aromatic rings. The standard InChI is InChI=1S/C23H20ClN3O3/c1-16-19(24)11-7-12-20(16)26-22(28)23(29)27-25-14-18-10-5-6-13-21(18)30-15-17-8-3-2-4-9-17/h2-14H,15H2,1H3,(H,26,28)(H,27,29)/b25-14-.